The number of carbonyl (C=O) groups excluding carboxylic acids is 1. The highest BCUT2D eigenvalue weighted by molar-refractivity contribution is 6.04. The number of aliphatic hydroxyl groups excluding tert-OH is 1. The molecule has 0 aliphatic heterocycles. The van der Waals surface area contributed by atoms with Crippen LogP contribution in [0.15, 0.2) is 24.3 Å². The van der Waals surface area contributed by atoms with Crippen molar-refractivity contribution in [2.45, 2.75) is 12.3 Å². The number of benzene rings is 1. The Kier molecular flexibility index (Phi) is 3.67. The Labute approximate surface area is 112 Å². The van der Waals surface area contributed by atoms with Gasteiger partial charge in [0.25, 0.3) is 5.91 Å². The lowest BCUT2D eigenvalue weighted by molar-refractivity contribution is -0.205. The van der Waals surface area contributed by atoms with Crippen molar-refractivity contribution >= 4 is 16.8 Å². The van der Waals surface area contributed by atoms with Gasteiger partial charge in [0.2, 0.25) is 0 Å². The first-order valence-electron chi connectivity index (χ1n) is 5.74. The molecule has 1 aromatic heterocycles. The maximum Gasteiger partial charge on any atom is 0.416 e. The molecule has 0 saturated carbocycles. The quantitative estimate of drug-likeness (QED) is 0.900. The number of hydrogen-bond donors (Lipinski definition) is 2. The number of fused-ring (bicyclic) bond motifs is 1. The van der Waals surface area contributed by atoms with Crippen LogP contribution in [-0.4, -0.2) is 52.0 Å². The van der Waals surface area contributed by atoms with Gasteiger partial charge < -0.3 is 10.0 Å². The highest BCUT2D eigenvalue weighted by atomic mass is 19.4. The Morgan fingerprint density at radius 1 is 1.45 bits per heavy atom. The average molecular weight is 287 g/mol. The number of nitrogens with zero attached hydrogens (tertiary/aromatic N) is 2. The van der Waals surface area contributed by atoms with Crippen LogP contribution >= 0.6 is 0 Å². The highest BCUT2D eigenvalue weighted by Gasteiger charge is 2.39. The van der Waals surface area contributed by atoms with E-state index < -0.39 is 24.7 Å². The third kappa shape index (κ3) is 2.74. The van der Waals surface area contributed by atoms with E-state index in [0.29, 0.717) is 10.9 Å². The summed E-state index contributed by atoms with van der Waals surface area (Å²) >= 11 is 0. The van der Waals surface area contributed by atoms with E-state index in [1.165, 1.54) is 7.05 Å². The Balaban J connectivity index is 2.19. The van der Waals surface area contributed by atoms with E-state index in [2.05, 4.69) is 10.2 Å². The molecule has 8 heteroatoms. The lowest BCUT2D eigenvalue weighted by atomic mass is 10.2. The number of H-pyrrole nitrogens is 1. The molecule has 0 saturated heterocycles. The summed E-state index contributed by atoms with van der Waals surface area (Å²) < 4.78 is 36.8. The smallest absolute Gasteiger partial charge is 0.382 e. The second-order valence-electron chi connectivity index (χ2n) is 4.36. The third-order valence-corrected chi connectivity index (χ3v) is 2.84. The number of carbonyl (C=O) groups is 1. The zero-order chi connectivity index (χ0) is 14.9. The summed E-state index contributed by atoms with van der Waals surface area (Å²) in [6.07, 6.45) is -7.34. The summed E-state index contributed by atoms with van der Waals surface area (Å²) in [4.78, 5) is 12.8. The molecule has 1 unspecified atom stereocenters. The Hall–Kier alpha value is -2.09. The summed E-state index contributed by atoms with van der Waals surface area (Å²) in [5.41, 5.74) is 0.637. The number of aliphatic hydroxyl groups is 1. The molecule has 1 heterocycles. The molecule has 0 radical (unpaired) electrons. The van der Waals surface area contributed by atoms with Crippen molar-refractivity contribution < 1.29 is 23.1 Å². The zero-order valence-corrected chi connectivity index (χ0v) is 10.5. The van der Waals surface area contributed by atoms with Crippen molar-refractivity contribution in [1.29, 1.82) is 0 Å². The lowest BCUT2D eigenvalue weighted by Gasteiger charge is -2.21. The topological polar surface area (TPSA) is 69.2 Å². The van der Waals surface area contributed by atoms with Gasteiger partial charge >= 0.3 is 6.18 Å². The number of halogens is 3. The van der Waals surface area contributed by atoms with Crippen LogP contribution in [0.3, 0.4) is 0 Å². The first-order valence-corrected chi connectivity index (χ1v) is 5.74. The maximum absolute atomic E-state index is 12.3. The third-order valence-electron chi connectivity index (χ3n) is 2.84. The van der Waals surface area contributed by atoms with Crippen LogP contribution in [0.2, 0.25) is 0 Å². The first-order chi connectivity index (χ1) is 9.30. The van der Waals surface area contributed by atoms with E-state index >= 15 is 0 Å². The number of likely N-dealkylation sites (N-methyl/N-ethyl adjacent to an activating group) is 1. The zero-order valence-electron chi connectivity index (χ0n) is 10.5. The molecule has 1 atom stereocenters. The second-order valence-corrected chi connectivity index (χ2v) is 4.36. The van der Waals surface area contributed by atoms with Crippen LogP contribution in [-0.2, 0) is 0 Å². The molecule has 2 aromatic rings. The molecule has 108 valence electrons. The number of aromatic amines is 1. The number of alkyl halides is 3. The fourth-order valence-electron chi connectivity index (χ4n) is 1.75. The van der Waals surface area contributed by atoms with Crippen LogP contribution < -0.4 is 0 Å². The highest BCUT2D eigenvalue weighted by Crippen LogP contribution is 2.21. The van der Waals surface area contributed by atoms with Crippen molar-refractivity contribution in [3.05, 3.63) is 30.0 Å². The molecular formula is C12H12F3N3O2. The van der Waals surface area contributed by atoms with E-state index in [9.17, 15) is 18.0 Å². The van der Waals surface area contributed by atoms with Crippen molar-refractivity contribution in [3.63, 3.8) is 0 Å². The Morgan fingerprint density at radius 3 is 2.75 bits per heavy atom. The van der Waals surface area contributed by atoms with E-state index in [-0.39, 0.29) is 5.69 Å². The summed E-state index contributed by atoms with van der Waals surface area (Å²) in [5, 5.41) is 15.9. The molecule has 2 N–H and O–H groups in total. The van der Waals surface area contributed by atoms with Gasteiger partial charge in [-0.2, -0.15) is 18.3 Å². The van der Waals surface area contributed by atoms with E-state index in [4.69, 9.17) is 5.11 Å². The molecule has 0 fully saturated rings. The van der Waals surface area contributed by atoms with E-state index in [1.807, 2.05) is 0 Å². The number of hydrogen-bond acceptors (Lipinski definition) is 3. The van der Waals surface area contributed by atoms with Gasteiger partial charge in [0.05, 0.1) is 12.1 Å². The fraction of sp³-hybridized carbons (Fsp3) is 0.333. The Morgan fingerprint density at radius 2 is 2.10 bits per heavy atom. The predicted octanol–water partition coefficient (Wildman–Crippen LogP) is 1.56. The summed E-state index contributed by atoms with van der Waals surface area (Å²) in [6.45, 7) is -0.844. The van der Waals surface area contributed by atoms with Crippen LogP contribution in [0.5, 0.6) is 0 Å². The molecule has 0 aliphatic rings. The summed E-state index contributed by atoms with van der Waals surface area (Å²) in [7, 11) is 1.18. The standard InChI is InChI=1S/C12H12F3N3O2/c1-18(6-9(19)12(13,14)15)11(20)10-7-4-2-3-5-8(7)16-17-10/h2-5,9,19H,6H2,1H3,(H,16,17). The maximum atomic E-state index is 12.3. The molecule has 5 nitrogen and oxygen atoms in total. The largest absolute Gasteiger partial charge is 0.416 e. The molecule has 20 heavy (non-hydrogen) atoms. The van der Waals surface area contributed by atoms with Crippen molar-refractivity contribution in [1.82, 2.24) is 15.1 Å². The minimum atomic E-state index is -4.76. The van der Waals surface area contributed by atoms with Crippen LogP contribution in [0, 0.1) is 0 Å². The molecule has 1 amide bonds. The predicted molar refractivity (Wildman–Crippen MR) is 65.1 cm³/mol. The minimum absolute atomic E-state index is 0.0254. The van der Waals surface area contributed by atoms with Crippen molar-refractivity contribution in [2.75, 3.05) is 13.6 Å². The SMILES string of the molecule is CN(CC(O)C(F)(F)F)C(=O)c1n[nH]c2ccccc12. The minimum Gasteiger partial charge on any atom is -0.382 e. The van der Waals surface area contributed by atoms with Crippen LogP contribution in [0.4, 0.5) is 13.2 Å². The van der Waals surface area contributed by atoms with Crippen molar-refractivity contribution in [3.8, 4) is 0 Å². The number of nitrogens with one attached hydrogen (secondary N) is 1. The normalized spacial score (nSPS) is 13.4. The molecular weight excluding hydrogens is 275 g/mol. The van der Waals surface area contributed by atoms with Gasteiger partial charge in [-0.3, -0.25) is 9.89 Å². The summed E-state index contributed by atoms with van der Waals surface area (Å²) in [5.74, 6) is -0.689. The van der Waals surface area contributed by atoms with Gasteiger partial charge in [-0.05, 0) is 6.07 Å². The number of amides is 1. The van der Waals surface area contributed by atoms with Crippen LogP contribution in [0.25, 0.3) is 10.9 Å². The molecule has 2 rings (SSSR count). The monoisotopic (exact) mass is 287 g/mol. The Bertz CT molecular complexity index is 624. The van der Waals surface area contributed by atoms with E-state index in [1.54, 1.807) is 24.3 Å². The lowest BCUT2D eigenvalue weighted by Crippen LogP contribution is -2.41. The molecule has 1 aromatic carbocycles. The average Bonchev–Trinajstić information content (AvgIpc) is 2.80. The van der Waals surface area contributed by atoms with Gasteiger partial charge in [0.15, 0.2) is 11.8 Å². The number of para-hydroxylation sites is 1. The van der Waals surface area contributed by atoms with E-state index in [0.717, 1.165) is 4.90 Å². The van der Waals surface area contributed by atoms with Gasteiger partial charge in [-0.1, -0.05) is 18.2 Å². The fourth-order valence-corrected chi connectivity index (χ4v) is 1.75. The number of rotatable bonds is 3. The second kappa shape index (κ2) is 5.12. The number of aromatic nitrogens is 2. The van der Waals surface area contributed by atoms with Crippen molar-refractivity contribution in [2.24, 2.45) is 0 Å². The molecule has 0 bridgehead atoms. The molecule has 0 spiro atoms. The van der Waals surface area contributed by atoms with Gasteiger partial charge in [0, 0.05) is 12.4 Å². The van der Waals surface area contributed by atoms with Gasteiger partial charge in [-0.15, -0.1) is 0 Å². The first kappa shape index (κ1) is 14.3. The van der Waals surface area contributed by atoms with Gasteiger partial charge in [0.1, 0.15) is 0 Å². The van der Waals surface area contributed by atoms with Crippen LogP contribution in [0.1, 0.15) is 10.5 Å². The van der Waals surface area contributed by atoms with Gasteiger partial charge in [-0.25, -0.2) is 0 Å². The summed E-state index contributed by atoms with van der Waals surface area (Å²) in [6, 6.07) is 6.77. The molecule has 0 aliphatic carbocycles.